The van der Waals surface area contributed by atoms with Gasteiger partial charge in [-0.05, 0) is 48.2 Å². The summed E-state index contributed by atoms with van der Waals surface area (Å²) >= 11 is 32.1. The van der Waals surface area contributed by atoms with Gasteiger partial charge in [-0.2, -0.15) is 0 Å². The van der Waals surface area contributed by atoms with Gasteiger partial charge < -0.3 is 24.4 Å². The Labute approximate surface area is 242 Å². The Kier molecular flexibility index (Phi) is 11.8. The van der Waals surface area contributed by atoms with Crippen LogP contribution >= 0.6 is 58.0 Å². The van der Waals surface area contributed by atoms with Crippen LogP contribution in [-0.4, -0.2) is 54.7 Å². The third kappa shape index (κ3) is 7.75. The molecule has 1 fully saturated rings. The maximum absolute atomic E-state index is 10.1. The van der Waals surface area contributed by atoms with Gasteiger partial charge in [0, 0.05) is 5.41 Å². The summed E-state index contributed by atoms with van der Waals surface area (Å²) in [5, 5.41) is 21.1. The molecular formula is C27H29Cl5O5. The Morgan fingerprint density at radius 3 is 1.68 bits per heavy atom. The summed E-state index contributed by atoms with van der Waals surface area (Å²) in [6, 6.07) is 7.39. The van der Waals surface area contributed by atoms with E-state index in [2.05, 4.69) is 5.92 Å². The van der Waals surface area contributed by atoms with Crippen molar-refractivity contribution in [2.75, 3.05) is 32.3 Å². The van der Waals surface area contributed by atoms with Crippen molar-refractivity contribution in [1.29, 1.82) is 0 Å². The van der Waals surface area contributed by atoms with E-state index in [-0.39, 0.29) is 38.1 Å². The zero-order valence-electron chi connectivity index (χ0n) is 20.1. The van der Waals surface area contributed by atoms with E-state index in [9.17, 15) is 10.2 Å². The summed E-state index contributed by atoms with van der Waals surface area (Å²) < 4.78 is 16.5. The molecule has 2 aromatic rings. The summed E-state index contributed by atoms with van der Waals surface area (Å²) in [5.74, 6) is 2.96. The van der Waals surface area contributed by atoms with E-state index in [4.69, 9.17) is 78.6 Å². The summed E-state index contributed by atoms with van der Waals surface area (Å²) in [6.07, 6.45) is 8.25. The van der Waals surface area contributed by atoms with Crippen LogP contribution in [-0.2, 0) is 10.2 Å². The number of ether oxygens (including phenoxy) is 3. The molecule has 0 heterocycles. The zero-order valence-corrected chi connectivity index (χ0v) is 23.9. The number of aliphatic hydroxyl groups excluding tert-OH is 2. The number of halogens is 5. The van der Waals surface area contributed by atoms with E-state index in [0.717, 1.165) is 43.2 Å². The maximum Gasteiger partial charge on any atom is 0.156 e. The third-order valence-electron chi connectivity index (χ3n) is 6.32. The van der Waals surface area contributed by atoms with E-state index in [0.29, 0.717) is 25.8 Å². The van der Waals surface area contributed by atoms with E-state index in [1.54, 1.807) is 0 Å². The van der Waals surface area contributed by atoms with Gasteiger partial charge in [0.15, 0.2) is 11.5 Å². The molecule has 2 atom stereocenters. The zero-order chi connectivity index (χ0) is 27.0. The fourth-order valence-corrected chi connectivity index (χ4v) is 5.83. The predicted molar refractivity (Wildman–Crippen MR) is 150 cm³/mol. The van der Waals surface area contributed by atoms with Crippen molar-refractivity contribution < 1.29 is 24.4 Å². The SMILES string of the molecule is C#CCOC[C@@H](O)COc1c(Cl)cc(C2(c3cc(Cl)c(OC[C@H](O)CCl)c(Cl)c3)CCCCC2)cc1Cl. The molecule has 1 aliphatic carbocycles. The molecule has 0 radical (unpaired) electrons. The van der Waals surface area contributed by atoms with E-state index in [1.807, 2.05) is 24.3 Å². The highest BCUT2D eigenvalue weighted by Crippen LogP contribution is 2.50. The van der Waals surface area contributed by atoms with Crippen LogP contribution in [0.4, 0.5) is 0 Å². The molecule has 0 bridgehead atoms. The van der Waals surface area contributed by atoms with Crippen LogP contribution in [0.3, 0.4) is 0 Å². The Bertz CT molecular complexity index is 1050. The van der Waals surface area contributed by atoms with E-state index >= 15 is 0 Å². The smallest absolute Gasteiger partial charge is 0.156 e. The number of alkyl halides is 1. The van der Waals surface area contributed by atoms with Gasteiger partial charge in [-0.25, -0.2) is 0 Å². The summed E-state index contributed by atoms with van der Waals surface area (Å²) in [6.45, 7) is 0.0585. The minimum atomic E-state index is -0.889. The summed E-state index contributed by atoms with van der Waals surface area (Å²) in [4.78, 5) is 0. The molecule has 2 N–H and O–H groups in total. The first-order chi connectivity index (χ1) is 17.7. The average molecular weight is 611 g/mol. The molecular weight excluding hydrogens is 582 g/mol. The Morgan fingerprint density at radius 1 is 0.784 bits per heavy atom. The molecule has 3 rings (SSSR count). The van der Waals surface area contributed by atoms with Crippen LogP contribution < -0.4 is 9.47 Å². The number of aliphatic hydroxyl groups is 2. The lowest BCUT2D eigenvalue weighted by Crippen LogP contribution is -2.31. The highest BCUT2D eigenvalue weighted by Gasteiger charge is 2.38. The van der Waals surface area contributed by atoms with Crippen LogP contribution in [0, 0.1) is 12.3 Å². The molecule has 0 amide bonds. The van der Waals surface area contributed by atoms with Crippen LogP contribution in [0.15, 0.2) is 24.3 Å². The molecule has 0 unspecified atom stereocenters. The lowest BCUT2D eigenvalue weighted by molar-refractivity contribution is 0.0229. The first-order valence-corrected chi connectivity index (χ1v) is 13.9. The predicted octanol–water partition coefficient (Wildman–Crippen LogP) is 6.92. The van der Waals surface area contributed by atoms with Gasteiger partial charge in [0.05, 0.1) is 32.6 Å². The molecule has 202 valence electrons. The Morgan fingerprint density at radius 2 is 1.24 bits per heavy atom. The first kappa shape index (κ1) is 30.5. The molecule has 0 aliphatic heterocycles. The fourth-order valence-electron chi connectivity index (χ4n) is 4.55. The van der Waals surface area contributed by atoms with Gasteiger partial charge in [0.2, 0.25) is 0 Å². The van der Waals surface area contributed by atoms with E-state index < -0.39 is 17.6 Å². The van der Waals surface area contributed by atoms with Crippen LogP contribution in [0.2, 0.25) is 20.1 Å². The van der Waals surface area contributed by atoms with Crippen LogP contribution in [0.1, 0.15) is 43.2 Å². The summed E-state index contributed by atoms with van der Waals surface area (Å²) in [5.41, 5.74) is 1.42. The number of rotatable bonds is 12. The van der Waals surface area contributed by atoms with E-state index in [1.165, 1.54) is 0 Å². The number of hydrogen-bond acceptors (Lipinski definition) is 5. The number of terminal acetylenes is 1. The van der Waals surface area contributed by atoms with Gasteiger partial charge in [0.1, 0.15) is 32.0 Å². The van der Waals surface area contributed by atoms with Crippen molar-refractivity contribution in [3.63, 3.8) is 0 Å². The van der Waals surface area contributed by atoms with Crippen molar-refractivity contribution in [3.8, 4) is 23.8 Å². The molecule has 1 saturated carbocycles. The van der Waals surface area contributed by atoms with Crippen molar-refractivity contribution in [2.24, 2.45) is 0 Å². The number of benzene rings is 2. The standard InChI is InChI=1S/C27H29Cl5O5/c1-2-8-35-14-20(34)16-37-26-23(31)11-18(12-24(26)32)27(6-4-3-5-7-27)17-9-21(29)25(22(30)10-17)36-15-19(33)13-28/h1,9-12,19-20,33-34H,3-8,13-16H2/t19-,20-/m1/s1. The molecule has 5 nitrogen and oxygen atoms in total. The van der Waals surface area contributed by atoms with Crippen LogP contribution in [0.25, 0.3) is 0 Å². The molecule has 0 saturated heterocycles. The molecule has 10 heteroatoms. The minimum Gasteiger partial charge on any atom is -0.488 e. The second kappa shape index (κ2) is 14.4. The highest BCUT2D eigenvalue weighted by molar-refractivity contribution is 6.38. The Hall–Kier alpha value is -1.07. The summed E-state index contributed by atoms with van der Waals surface area (Å²) in [7, 11) is 0. The van der Waals surface area contributed by atoms with Crippen LogP contribution in [0.5, 0.6) is 11.5 Å². The monoisotopic (exact) mass is 608 g/mol. The van der Waals surface area contributed by atoms with Crippen molar-refractivity contribution in [3.05, 3.63) is 55.5 Å². The normalized spacial score (nSPS) is 16.6. The van der Waals surface area contributed by atoms with Gasteiger partial charge in [-0.1, -0.05) is 71.6 Å². The van der Waals surface area contributed by atoms with Gasteiger partial charge in [-0.3, -0.25) is 0 Å². The molecule has 1 aliphatic rings. The minimum absolute atomic E-state index is 0.0230. The van der Waals surface area contributed by atoms with Crippen molar-refractivity contribution in [1.82, 2.24) is 0 Å². The second-order valence-corrected chi connectivity index (χ2v) is 10.9. The average Bonchev–Trinajstić information content (AvgIpc) is 2.87. The fraction of sp³-hybridized carbons (Fsp3) is 0.481. The van der Waals surface area contributed by atoms with Crippen molar-refractivity contribution >= 4 is 58.0 Å². The largest absolute Gasteiger partial charge is 0.488 e. The van der Waals surface area contributed by atoms with Gasteiger partial charge >= 0.3 is 0 Å². The lowest BCUT2D eigenvalue weighted by Gasteiger charge is -2.39. The topological polar surface area (TPSA) is 68.2 Å². The Balaban J connectivity index is 1.90. The third-order valence-corrected chi connectivity index (χ3v) is 7.80. The maximum atomic E-state index is 10.1. The molecule has 37 heavy (non-hydrogen) atoms. The number of hydrogen-bond donors (Lipinski definition) is 2. The molecule has 2 aromatic carbocycles. The lowest BCUT2D eigenvalue weighted by atomic mass is 9.65. The first-order valence-electron chi connectivity index (χ1n) is 11.9. The quantitative estimate of drug-likeness (QED) is 0.155. The van der Waals surface area contributed by atoms with Gasteiger partial charge in [-0.15, -0.1) is 18.0 Å². The second-order valence-electron chi connectivity index (χ2n) is 8.98. The highest BCUT2D eigenvalue weighted by atomic mass is 35.5. The van der Waals surface area contributed by atoms with Gasteiger partial charge in [0.25, 0.3) is 0 Å². The van der Waals surface area contributed by atoms with Crippen molar-refractivity contribution in [2.45, 2.75) is 49.7 Å². The molecule has 0 spiro atoms. The molecule has 0 aromatic heterocycles.